The van der Waals surface area contributed by atoms with Crippen molar-refractivity contribution in [2.24, 2.45) is 0 Å². The number of hydrogen-bond donors (Lipinski definition) is 1. The Balaban J connectivity index is 1.41. The molecule has 2 aliphatic heterocycles. The molecule has 2 heterocycles. The number of nitrogens with one attached hydrogen (secondary N) is 1. The molecule has 4 heteroatoms. The minimum atomic E-state index is -0.0482. The van der Waals surface area contributed by atoms with Gasteiger partial charge in [-0.2, -0.15) is 0 Å². The molecule has 0 spiro atoms. The summed E-state index contributed by atoms with van der Waals surface area (Å²) >= 11 is 0. The van der Waals surface area contributed by atoms with Crippen molar-refractivity contribution in [2.75, 3.05) is 36.9 Å². The average molecular weight is 440 g/mol. The third kappa shape index (κ3) is 4.96. The second kappa shape index (κ2) is 9.80. The van der Waals surface area contributed by atoms with Gasteiger partial charge in [0.15, 0.2) is 0 Å². The highest BCUT2D eigenvalue weighted by atomic mass is 16.1. The van der Waals surface area contributed by atoms with Gasteiger partial charge in [-0.1, -0.05) is 48.9 Å². The largest absolute Gasteiger partial charge is 0.374 e. The smallest absolute Gasteiger partial charge is 0.255 e. The molecule has 0 unspecified atom stereocenters. The number of carbonyl (C=O) groups excluding carboxylic acids is 1. The van der Waals surface area contributed by atoms with E-state index in [4.69, 9.17) is 0 Å². The Bertz CT molecular complexity index is 1120. The van der Waals surface area contributed by atoms with Crippen molar-refractivity contribution in [2.45, 2.75) is 38.6 Å². The van der Waals surface area contributed by atoms with Gasteiger partial charge in [-0.3, -0.25) is 9.69 Å². The number of fused-ring (bicyclic) bond motifs is 1. The van der Waals surface area contributed by atoms with E-state index < -0.39 is 0 Å². The Morgan fingerprint density at radius 3 is 2.52 bits per heavy atom. The number of piperidine rings is 1. The number of amides is 1. The van der Waals surface area contributed by atoms with Gasteiger partial charge in [0.25, 0.3) is 5.91 Å². The molecule has 1 N–H and O–H groups in total. The van der Waals surface area contributed by atoms with E-state index in [-0.39, 0.29) is 5.91 Å². The van der Waals surface area contributed by atoms with Crippen LogP contribution in [-0.4, -0.2) is 37.5 Å². The van der Waals surface area contributed by atoms with Crippen LogP contribution in [0.5, 0.6) is 0 Å². The first kappa shape index (κ1) is 21.7. The lowest BCUT2D eigenvalue weighted by atomic mass is 9.96. The quantitative estimate of drug-likeness (QED) is 0.532. The lowest BCUT2D eigenvalue weighted by Crippen LogP contribution is -2.29. The summed E-state index contributed by atoms with van der Waals surface area (Å²) < 4.78 is 0. The van der Waals surface area contributed by atoms with Gasteiger partial charge in [0, 0.05) is 37.1 Å². The molecule has 0 aliphatic carbocycles. The predicted octanol–water partition coefficient (Wildman–Crippen LogP) is 5.97. The SMILES string of the molecule is CN1CCCc2ccc(NC(=O)c3ccc(-c4ccccc4)c(CN4CCCCC4)c3)cc21. The number of aryl methyl sites for hydroxylation is 1. The van der Waals surface area contributed by atoms with Crippen molar-refractivity contribution in [1.82, 2.24) is 4.90 Å². The van der Waals surface area contributed by atoms with Crippen molar-refractivity contribution in [3.63, 3.8) is 0 Å². The Hall–Kier alpha value is -3.11. The molecule has 170 valence electrons. The van der Waals surface area contributed by atoms with Crippen molar-refractivity contribution in [1.29, 1.82) is 0 Å². The fourth-order valence-electron chi connectivity index (χ4n) is 5.16. The highest BCUT2D eigenvalue weighted by molar-refractivity contribution is 6.05. The molecular weight excluding hydrogens is 406 g/mol. The summed E-state index contributed by atoms with van der Waals surface area (Å²) in [5.74, 6) is -0.0482. The maximum absolute atomic E-state index is 13.2. The number of anilines is 2. The van der Waals surface area contributed by atoms with Crippen LogP contribution >= 0.6 is 0 Å². The van der Waals surface area contributed by atoms with E-state index in [1.807, 2.05) is 18.2 Å². The van der Waals surface area contributed by atoms with Crippen molar-refractivity contribution in [3.05, 3.63) is 83.4 Å². The van der Waals surface area contributed by atoms with Crippen LogP contribution in [0.15, 0.2) is 66.7 Å². The number of carbonyl (C=O) groups is 1. The zero-order valence-electron chi connectivity index (χ0n) is 19.5. The first-order valence-corrected chi connectivity index (χ1v) is 12.2. The van der Waals surface area contributed by atoms with Crippen LogP contribution in [0.1, 0.15) is 47.2 Å². The van der Waals surface area contributed by atoms with E-state index in [0.29, 0.717) is 5.56 Å². The zero-order valence-corrected chi connectivity index (χ0v) is 19.5. The molecule has 2 aliphatic rings. The van der Waals surface area contributed by atoms with E-state index in [1.165, 1.54) is 53.6 Å². The van der Waals surface area contributed by atoms with E-state index in [2.05, 4.69) is 70.7 Å². The lowest BCUT2D eigenvalue weighted by Gasteiger charge is -2.28. The monoisotopic (exact) mass is 439 g/mol. The molecule has 3 aromatic carbocycles. The summed E-state index contributed by atoms with van der Waals surface area (Å²) in [5.41, 5.74) is 7.80. The predicted molar refractivity (Wildman–Crippen MR) is 137 cm³/mol. The Kier molecular flexibility index (Phi) is 6.45. The van der Waals surface area contributed by atoms with Crippen molar-refractivity contribution in [3.8, 4) is 11.1 Å². The third-order valence-electron chi connectivity index (χ3n) is 6.99. The number of rotatable bonds is 5. The topological polar surface area (TPSA) is 35.6 Å². The molecule has 1 amide bonds. The lowest BCUT2D eigenvalue weighted by molar-refractivity contribution is 0.102. The van der Waals surface area contributed by atoms with Crippen LogP contribution in [0, 0.1) is 0 Å². The normalized spacial score (nSPS) is 16.3. The molecule has 4 nitrogen and oxygen atoms in total. The number of nitrogens with zero attached hydrogens (tertiary/aromatic N) is 2. The van der Waals surface area contributed by atoms with Gasteiger partial charge >= 0.3 is 0 Å². The van der Waals surface area contributed by atoms with Gasteiger partial charge in [0.2, 0.25) is 0 Å². The molecule has 0 atom stereocenters. The summed E-state index contributed by atoms with van der Waals surface area (Å²) in [6.45, 7) is 4.21. The Morgan fingerprint density at radius 1 is 0.879 bits per heavy atom. The zero-order chi connectivity index (χ0) is 22.6. The molecule has 3 aromatic rings. The van der Waals surface area contributed by atoms with Gasteiger partial charge < -0.3 is 10.2 Å². The Morgan fingerprint density at radius 2 is 1.70 bits per heavy atom. The molecule has 33 heavy (non-hydrogen) atoms. The standard InChI is InChI=1S/C29H33N3O/c1-31-16-8-11-23-12-14-26(20-28(23)31)30-29(33)24-13-15-27(22-9-4-2-5-10-22)25(19-24)21-32-17-6-3-7-18-32/h2,4-5,9-10,12-15,19-20H,3,6-8,11,16-18,21H2,1H3,(H,30,33). The van der Waals surface area contributed by atoms with E-state index in [9.17, 15) is 4.79 Å². The first-order valence-electron chi connectivity index (χ1n) is 12.2. The van der Waals surface area contributed by atoms with Crippen LogP contribution in [-0.2, 0) is 13.0 Å². The van der Waals surface area contributed by atoms with Crippen LogP contribution in [0.3, 0.4) is 0 Å². The highest BCUT2D eigenvalue weighted by Crippen LogP contribution is 2.30. The summed E-state index contributed by atoms with van der Waals surface area (Å²) in [6.07, 6.45) is 6.12. The fraction of sp³-hybridized carbons (Fsp3) is 0.345. The van der Waals surface area contributed by atoms with Crippen molar-refractivity contribution < 1.29 is 4.79 Å². The molecule has 0 bridgehead atoms. The summed E-state index contributed by atoms with van der Waals surface area (Å²) in [7, 11) is 2.12. The number of likely N-dealkylation sites (tertiary alicyclic amines) is 1. The number of benzene rings is 3. The first-order chi connectivity index (χ1) is 16.2. The van der Waals surface area contributed by atoms with E-state index in [0.717, 1.165) is 38.3 Å². The van der Waals surface area contributed by atoms with Crippen molar-refractivity contribution >= 4 is 17.3 Å². The summed E-state index contributed by atoms with van der Waals surface area (Å²) in [5, 5.41) is 3.14. The molecule has 0 saturated carbocycles. The second-order valence-corrected chi connectivity index (χ2v) is 9.40. The third-order valence-corrected chi connectivity index (χ3v) is 6.99. The van der Waals surface area contributed by atoms with E-state index >= 15 is 0 Å². The van der Waals surface area contributed by atoms with Crippen LogP contribution in [0.25, 0.3) is 11.1 Å². The molecule has 5 rings (SSSR count). The van der Waals surface area contributed by atoms with Crippen LogP contribution in [0.4, 0.5) is 11.4 Å². The van der Waals surface area contributed by atoms with Gasteiger partial charge in [0.05, 0.1) is 0 Å². The summed E-state index contributed by atoms with van der Waals surface area (Å²) in [4.78, 5) is 18.0. The maximum Gasteiger partial charge on any atom is 0.255 e. The van der Waals surface area contributed by atoms with Gasteiger partial charge in [-0.25, -0.2) is 0 Å². The van der Waals surface area contributed by atoms with Gasteiger partial charge in [-0.05, 0) is 85.3 Å². The second-order valence-electron chi connectivity index (χ2n) is 9.40. The summed E-state index contributed by atoms with van der Waals surface area (Å²) in [6, 6.07) is 23.0. The molecule has 0 radical (unpaired) electrons. The molecular formula is C29H33N3O. The highest BCUT2D eigenvalue weighted by Gasteiger charge is 2.18. The number of hydrogen-bond acceptors (Lipinski definition) is 3. The minimum Gasteiger partial charge on any atom is -0.374 e. The van der Waals surface area contributed by atoms with Crippen LogP contribution < -0.4 is 10.2 Å². The van der Waals surface area contributed by atoms with Crippen LogP contribution in [0.2, 0.25) is 0 Å². The molecule has 1 fully saturated rings. The van der Waals surface area contributed by atoms with E-state index in [1.54, 1.807) is 0 Å². The van der Waals surface area contributed by atoms with Gasteiger partial charge in [-0.15, -0.1) is 0 Å². The fourth-order valence-corrected chi connectivity index (χ4v) is 5.16. The maximum atomic E-state index is 13.2. The van der Waals surface area contributed by atoms with Gasteiger partial charge in [0.1, 0.15) is 0 Å². The average Bonchev–Trinajstić information content (AvgIpc) is 2.86. The minimum absolute atomic E-state index is 0.0482. The Labute approximate surface area is 197 Å². The molecule has 1 saturated heterocycles. The molecule has 0 aromatic heterocycles.